The number of carbonyl (C=O) groups excluding carboxylic acids is 1. The van der Waals surface area contributed by atoms with Crippen LogP contribution < -0.4 is 5.32 Å². The Hall–Kier alpha value is -3.44. The molecule has 5 nitrogen and oxygen atoms in total. The standard InChI is InChI=1S/C23H21NO4/c25-21(18-14-8-3-9-15-18)22(26)24-20(23(27)28)19(16-10-4-1-5-11-16)17-12-6-2-7-13-17/h1-15,19-21,25H,(H,24,26)(H,27,28)/t20-,21+/m1/s1. The van der Waals surface area contributed by atoms with Crippen LogP contribution in [0.25, 0.3) is 0 Å². The molecule has 3 rings (SSSR count). The first kappa shape index (κ1) is 19.3. The van der Waals surface area contributed by atoms with Gasteiger partial charge in [0.1, 0.15) is 6.04 Å². The second kappa shape index (κ2) is 8.97. The summed E-state index contributed by atoms with van der Waals surface area (Å²) in [5, 5.41) is 22.7. The van der Waals surface area contributed by atoms with Crippen molar-refractivity contribution in [2.45, 2.75) is 18.1 Å². The van der Waals surface area contributed by atoms with Crippen molar-refractivity contribution in [3.05, 3.63) is 108 Å². The third kappa shape index (κ3) is 4.45. The predicted octanol–water partition coefficient (Wildman–Crippen LogP) is 3.12. The minimum Gasteiger partial charge on any atom is -0.480 e. The Morgan fingerprint density at radius 2 is 1.07 bits per heavy atom. The zero-order chi connectivity index (χ0) is 19.9. The van der Waals surface area contributed by atoms with Gasteiger partial charge < -0.3 is 15.5 Å². The lowest BCUT2D eigenvalue weighted by atomic mass is 9.85. The van der Waals surface area contributed by atoms with E-state index in [0.717, 1.165) is 11.1 Å². The van der Waals surface area contributed by atoms with Gasteiger partial charge in [-0.25, -0.2) is 4.79 Å². The van der Waals surface area contributed by atoms with Gasteiger partial charge in [-0.05, 0) is 16.7 Å². The number of carbonyl (C=O) groups is 2. The minimum atomic E-state index is -1.45. The maximum atomic E-state index is 12.6. The van der Waals surface area contributed by atoms with Crippen LogP contribution in [0.3, 0.4) is 0 Å². The van der Waals surface area contributed by atoms with Crippen molar-refractivity contribution < 1.29 is 19.8 Å². The molecular weight excluding hydrogens is 354 g/mol. The van der Waals surface area contributed by atoms with Gasteiger partial charge in [-0.3, -0.25) is 4.79 Å². The Morgan fingerprint density at radius 1 is 0.679 bits per heavy atom. The van der Waals surface area contributed by atoms with Crippen molar-refractivity contribution >= 4 is 11.9 Å². The fraction of sp³-hybridized carbons (Fsp3) is 0.130. The van der Waals surface area contributed by atoms with E-state index >= 15 is 0 Å². The SMILES string of the molecule is O=C(N[C@@H](C(=O)O)C(c1ccccc1)c1ccccc1)[C@@H](O)c1ccccc1. The first-order valence-electron chi connectivity index (χ1n) is 8.94. The summed E-state index contributed by atoms with van der Waals surface area (Å²) in [4.78, 5) is 24.7. The molecule has 2 atom stereocenters. The van der Waals surface area contributed by atoms with Crippen LogP contribution in [0, 0.1) is 0 Å². The molecule has 0 bridgehead atoms. The molecule has 28 heavy (non-hydrogen) atoms. The molecular formula is C23H21NO4. The van der Waals surface area contributed by atoms with Crippen molar-refractivity contribution in [2.24, 2.45) is 0 Å². The average Bonchev–Trinajstić information content (AvgIpc) is 2.74. The predicted molar refractivity (Wildman–Crippen MR) is 106 cm³/mol. The second-order valence-electron chi connectivity index (χ2n) is 6.44. The molecule has 5 heteroatoms. The van der Waals surface area contributed by atoms with Crippen LogP contribution in [0.2, 0.25) is 0 Å². The Labute approximate surface area is 163 Å². The summed E-state index contributed by atoms with van der Waals surface area (Å²) in [5.74, 6) is -2.53. The van der Waals surface area contributed by atoms with Gasteiger partial charge in [-0.1, -0.05) is 91.0 Å². The molecule has 1 amide bonds. The van der Waals surface area contributed by atoms with E-state index in [2.05, 4.69) is 5.32 Å². The van der Waals surface area contributed by atoms with Crippen molar-refractivity contribution in [2.75, 3.05) is 0 Å². The van der Waals surface area contributed by atoms with E-state index in [4.69, 9.17) is 0 Å². The number of amides is 1. The summed E-state index contributed by atoms with van der Waals surface area (Å²) in [6.45, 7) is 0. The monoisotopic (exact) mass is 375 g/mol. The molecule has 142 valence electrons. The number of carboxylic acids is 1. The first-order chi connectivity index (χ1) is 13.6. The quantitative estimate of drug-likeness (QED) is 0.592. The van der Waals surface area contributed by atoms with E-state index in [1.807, 2.05) is 60.7 Å². The molecule has 0 radical (unpaired) electrons. The number of hydrogen-bond donors (Lipinski definition) is 3. The van der Waals surface area contributed by atoms with Gasteiger partial charge in [0.2, 0.25) is 0 Å². The second-order valence-corrected chi connectivity index (χ2v) is 6.44. The largest absolute Gasteiger partial charge is 0.480 e. The number of rotatable bonds is 7. The van der Waals surface area contributed by atoms with Gasteiger partial charge in [0.15, 0.2) is 6.10 Å². The van der Waals surface area contributed by atoms with E-state index < -0.39 is 29.9 Å². The van der Waals surface area contributed by atoms with Crippen LogP contribution >= 0.6 is 0 Å². The fourth-order valence-corrected chi connectivity index (χ4v) is 3.20. The van der Waals surface area contributed by atoms with Crippen LogP contribution in [0.4, 0.5) is 0 Å². The van der Waals surface area contributed by atoms with Gasteiger partial charge in [0, 0.05) is 5.92 Å². The van der Waals surface area contributed by atoms with Gasteiger partial charge in [-0.15, -0.1) is 0 Å². The smallest absolute Gasteiger partial charge is 0.327 e. The molecule has 3 N–H and O–H groups in total. The third-order valence-electron chi connectivity index (χ3n) is 4.58. The van der Waals surface area contributed by atoms with E-state index in [1.165, 1.54) is 0 Å². The number of carboxylic acid groups (broad SMARTS) is 1. The highest BCUT2D eigenvalue weighted by Gasteiger charge is 2.33. The van der Waals surface area contributed by atoms with Crippen LogP contribution in [-0.2, 0) is 9.59 Å². The van der Waals surface area contributed by atoms with E-state index in [1.54, 1.807) is 30.3 Å². The highest BCUT2D eigenvalue weighted by Crippen LogP contribution is 2.29. The maximum absolute atomic E-state index is 12.6. The Kier molecular flexibility index (Phi) is 6.19. The highest BCUT2D eigenvalue weighted by atomic mass is 16.4. The highest BCUT2D eigenvalue weighted by molar-refractivity contribution is 5.88. The summed E-state index contributed by atoms with van der Waals surface area (Å²) in [5.41, 5.74) is 1.92. The summed E-state index contributed by atoms with van der Waals surface area (Å²) >= 11 is 0. The summed E-state index contributed by atoms with van der Waals surface area (Å²) in [6, 6.07) is 25.5. The summed E-state index contributed by atoms with van der Waals surface area (Å²) < 4.78 is 0. The number of aliphatic carboxylic acids is 1. The van der Waals surface area contributed by atoms with E-state index in [0.29, 0.717) is 5.56 Å². The molecule has 0 fully saturated rings. The Balaban J connectivity index is 1.93. The first-order valence-corrected chi connectivity index (χ1v) is 8.94. The number of benzene rings is 3. The number of aliphatic hydroxyl groups excluding tert-OH is 1. The van der Waals surface area contributed by atoms with Crippen LogP contribution in [0.15, 0.2) is 91.0 Å². The fourth-order valence-electron chi connectivity index (χ4n) is 3.20. The molecule has 0 saturated heterocycles. The topological polar surface area (TPSA) is 86.6 Å². The van der Waals surface area contributed by atoms with Crippen molar-refractivity contribution in [3.63, 3.8) is 0 Å². The molecule has 0 aliphatic rings. The molecule has 0 heterocycles. The lowest BCUT2D eigenvalue weighted by Crippen LogP contribution is -2.47. The molecule has 0 saturated carbocycles. The molecule has 0 unspecified atom stereocenters. The molecule has 0 aliphatic heterocycles. The van der Waals surface area contributed by atoms with E-state index in [-0.39, 0.29) is 0 Å². The third-order valence-corrected chi connectivity index (χ3v) is 4.58. The Morgan fingerprint density at radius 3 is 1.46 bits per heavy atom. The lowest BCUT2D eigenvalue weighted by Gasteiger charge is -2.27. The lowest BCUT2D eigenvalue weighted by molar-refractivity contribution is -0.143. The molecule has 3 aromatic rings. The number of aliphatic hydroxyl groups is 1. The van der Waals surface area contributed by atoms with Crippen LogP contribution in [-0.4, -0.2) is 28.1 Å². The van der Waals surface area contributed by atoms with Gasteiger partial charge >= 0.3 is 5.97 Å². The van der Waals surface area contributed by atoms with Crippen molar-refractivity contribution in [3.8, 4) is 0 Å². The summed E-state index contributed by atoms with van der Waals surface area (Å²) in [7, 11) is 0. The summed E-state index contributed by atoms with van der Waals surface area (Å²) in [6.07, 6.45) is -1.45. The number of hydrogen-bond acceptors (Lipinski definition) is 3. The Bertz CT molecular complexity index is 874. The molecule has 0 aliphatic carbocycles. The van der Waals surface area contributed by atoms with Crippen molar-refractivity contribution in [1.82, 2.24) is 5.32 Å². The maximum Gasteiger partial charge on any atom is 0.327 e. The molecule has 0 aromatic heterocycles. The van der Waals surface area contributed by atoms with Crippen molar-refractivity contribution in [1.29, 1.82) is 0 Å². The average molecular weight is 375 g/mol. The van der Waals surface area contributed by atoms with Crippen LogP contribution in [0.1, 0.15) is 28.7 Å². The molecule has 3 aromatic carbocycles. The van der Waals surface area contributed by atoms with E-state index in [9.17, 15) is 19.8 Å². The molecule has 0 spiro atoms. The number of nitrogens with one attached hydrogen (secondary N) is 1. The normalized spacial score (nSPS) is 12.9. The zero-order valence-electron chi connectivity index (χ0n) is 15.1. The minimum absolute atomic E-state index is 0.403. The van der Waals surface area contributed by atoms with Crippen LogP contribution in [0.5, 0.6) is 0 Å². The zero-order valence-corrected chi connectivity index (χ0v) is 15.1. The van der Waals surface area contributed by atoms with Gasteiger partial charge in [0.05, 0.1) is 0 Å². The van der Waals surface area contributed by atoms with Gasteiger partial charge in [0.25, 0.3) is 5.91 Å². The van der Waals surface area contributed by atoms with Gasteiger partial charge in [-0.2, -0.15) is 0 Å².